The van der Waals surface area contributed by atoms with Gasteiger partial charge >= 0.3 is 17.9 Å². The predicted molar refractivity (Wildman–Crippen MR) is 193 cm³/mol. The molecular weight excluding hydrogens is 724 g/mol. The Balaban J connectivity index is 1.39. The van der Waals surface area contributed by atoms with E-state index in [0.717, 1.165) is 32.4 Å². The Morgan fingerprint density at radius 2 is 1.69 bits per heavy atom. The third-order valence-electron chi connectivity index (χ3n) is 9.56. The summed E-state index contributed by atoms with van der Waals surface area (Å²) in [7, 11) is -4.46. The van der Waals surface area contributed by atoms with Crippen LogP contribution in [0.15, 0.2) is 88.7 Å². The average molecular weight is 758 g/mol. The van der Waals surface area contributed by atoms with Crippen LogP contribution >= 0.6 is 0 Å². The van der Waals surface area contributed by atoms with Crippen molar-refractivity contribution in [3.8, 4) is 28.8 Å². The normalized spacial score (nSPS) is 12.4. The number of nitrogens with zero attached hydrogens (tertiary/aromatic N) is 5. The molecule has 0 saturated heterocycles. The number of alkyl halides is 3. The molecule has 3 N–H and O–H groups in total. The Hall–Kier alpha value is -6.18. The van der Waals surface area contributed by atoms with Crippen molar-refractivity contribution in [2.24, 2.45) is 0 Å². The van der Waals surface area contributed by atoms with E-state index in [9.17, 15) is 41.0 Å². The van der Waals surface area contributed by atoms with Gasteiger partial charge in [-0.15, -0.1) is 0 Å². The molecule has 1 amide bonds. The summed E-state index contributed by atoms with van der Waals surface area (Å²) in [6, 6.07) is 17.6. The van der Waals surface area contributed by atoms with Crippen molar-refractivity contribution in [2.75, 3.05) is 0 Å². The molecule has 54 heavy (non-hydrogen) atoms. The van der Waals surface area contributed by atoms with Gasteiger partial charge < -0.3 is 10.3 Å². The number of benzene rings is 3. The lowest BCUT2D eigenvalue weighted by Gasteiger charge is -2.16. The number of aromatic nitrogens is 5. The third-order valence-corrected chi connectivity index (χ3v) is 10.5. The Morgan fingerprint density at radius 3 is 2.33 bits per heavy atom. The van der Waals surface area contributed by atoms with Gasteiger partial charge in [0.05, 0.1) is 57.1 Å². The minimum atomic E-state index is -4.69. The summed E-state index contributed by atoms with van der Waals surface area (Å²) in [4.78, 5) is 31.4. The first-order valence-electron chi connectivity index (χ1n) is 16.5. The zero-order valence-corrected chi connectivity index (χ0v) is 30.5. The minimum Gasteiger partial charge on any atom is -0.360 e. The highest BCUT2D eigenvalue weighted by molar-refractivity contribution is 7.85. The van der Waals surface area contributed by atoms with Gasteiger partial charge in [0.15, 0.2) is 0 Å². The molecule has 0 aliphatic heterocycles. The number of amides is 1. The molecule has 0 unspecified atom stereocenters. The monoisotopic (exact) mass is 757 g/mol. The first-order chi connectivity index (χ1) is 25.4. The maximum absolute atomic E-state index is 14.2. The van der Waals surface area contributed by atoms with Gasteiger partial charge in [-0.3, -0.25) is 9.12 Å². The van der Waals surface area contributed by atoms with E-state index in [4.69, 9.17) is 0 Å². The molecule has 0 fully saturated rings. The molecule has 278 valence electrons. The van der Waals surface area contributed by atoms with E-state index in [2.05, 4.69) is 15.4 Å². The number of carbonyl (C=O) groups is 1. The maximum atomic E-state index is 14.2. The summed E-state index contributed by atoms with van der Waals surface area (Å²) in [5, 5.41) is 16.5. The van der Waals surface area contributed by atoms with Crippen LogP contribution in [0.25, 0.3) is 22.8 Å². The van der Waals surface area contributed by atoms with Gasteiger partial charge in [-0.05, 0) is 124 Å². The molecule has 6 rings (SSSR count). The Morgan fingerprint density at radius 1 is 0.981 bits per heavy atom. The number of carbonyl (C=O) groups excluding carboxylic acids is 1. The fourth-order valence-electron chi connectivity index (χ4n) is 6.47. The number of hydrogen-bond donors (Lipinski definition) is 3. The first kappa shape index (κ1) is 37.6. The average Bonchev–Trinajstić information content (AvgIpc) is 3.85. The van der Waals surface area contributed by atoms with Crippen molar-refractivity contribution in [1.29, 1.82) is 5.26 Å². The number of aromatic amines is 1. The minimum absolute atomic E-state index is 0.0657. The van der Waals surface area contributed by atoms with Crippen LogP contribution in [-0.4, -0.2) is 42.9 Å². The van der Waals surface area contributed by atoms with Gasteiger partial charge in [0, 0.05) is 17.8 Å². The lowest BCUT2D eigenvalue weighted by molar-refractivity contribution is -0.137. The zero-order chi connectivity index (χ0) is 39.3. The second kappa shape index (κ2) is 14.0. The molecule has 0 bridgehead atoms. The fraction of sp³-hybridized carbons (Fsp3) is 0.211. The molecule has 6 aromatic rings. The second-order valence-electron chi connectivity index (χ2n) is 12.9. The van der Waals surface area contributed by atoms with E-state index in [-0.39, 0.29) is 34.1 Å². The number of rotatable bonds is 8. The van der Waals surface area contributed by atoms with Crippen molar-refractivity contribution >= 4 is 16.1 Å². The summed E-state index contributed by atoms with van der Waals surface area (Å²) in [6.07, 6.45) is -2.97. The molecule has 0 aliphatic carbocycles. The van der Waals surface area contributed by atoms with Crippen LogP contribution in [-0.2, 0) is 22.7 Å². The number of halogens is 3. The van der Waals surface area contributed by atoms with Gasteiger partial charge in [0.2, 0.25) is 0 Å². The Kier molecular flexibility index (Phi) is 9.73. The van der Waals surface area contributed by atoms with E-state index >= 15 is 0 Å². The molecule has 0 saturated carbocycles. The quantitative estimate of drug-likeness (QED) is 0.139. The molecule has 0 spiro atoms. The summed E-state index contributed by atoms with van der Waals surface area (Å²) in [6.45, 7) is 8.44. The van der Waals surface area contributed by atoms with E-state index in [1.54, 1.807) is 63.2 Å². The number of H-pyrrole nitrogens is 1. The van der Waals surface area contributed by atoms with Crippen LogP contribution in [0.3, 0.4) is 0 Å². The lowest BCUT2D eigenvalue weighted by atomic mass is 9.96. The standard InChI is InChI=1S/C38H34F3N7O5S/c1-21-22(2)27(18-34(23(21)3)54(51,52)53)17-29-11-14-32(45-29)24(4)44-36(49)47-35(33-15-16-43-48(33)30-12-9-26(20-42)10-13-30)25(5)46(37(47)50)31-8-6-7-28(19-31)38(39,40)41/h6-16,18-19,24,45H,17H2,1-5H3,(H,44,49)(H,51,52,53)/t24-/m0/s1. The predicted octanol–water partition coefficient (Wildman–Crippen LogP) is 7.10. The van der Waals surface area contributed by atoms with Crippen molar-refractivity contribution in [3.05, 3.63) is 140 Å². The SMILES string of the molecule is Cc1c(Cc2ccc([C@H](C)NC(=O)n3c(-c4ccnn4-c4ccc(C#N)cc4)c(C)n(-c4cccc(C(F)(F)F)c4)c3=O)[nH]2)cc(S(=O)(=O)O)c(C)c1C. The zero-order valence-electron chi connectivity index (χ0n) is 29.6. The summed E-state index contributed by atoms with van der Waals surface area (Å²) in [5.41, 5.74) is 3.29. The third kappa shape index (κ3) is 6.98. The number of imidazole rings is 1. The molecule has 1 atom stereocenters. The highest BCUT2D eigenvalue weighted by Crippen LogP contribution is 2.32. The lowest BCUT2D eigenvalue weighted by Crippen LogP contribution is -2.38. The van der Waals surface area contributed by atoms with Gasteiger partial charge in [-0.25, -0.2) is 18.8 Å². The van der Waals surface area contributed by atoms with Crippen molar-refractivity contribution < 1.29 is 30.9 Å². The van der Waals surface area contributed by atoms with Crippen LogP contribution in [0.1, 0.15) is 63.4 Å². The Bertz CT molecular complexity index is 2640. The molecule has 12 nitrogen and oxygen atoms in total. The van der Waals surface area contributed by atoms with E-state index in [1.165, 1.54) is 36.0 Å². The van der Waals surface area contributed by atoms with E-state index in [1.807, 2.05) is 13.0 Å². The largest absolute Gasteiger partial charge is 0.416 e. The maximum Gasteiger partial charge on any atom is 0.416 e. The molecule has 0 radical (unpaired) electrons. The van der Waals surface area contributed by atoms with Gasteiger partial charge in [-0.1, -0.05) is 6.07 Å². The van der Waals surface area contributed by atoms with Crippen LogP contribution in [0.5, 0.6) is 0 Å². The summed E-state index contributed by atoms with van der Waals surface area (Å²) >= 11 is 0. The fourth-order valence-corrected chi connectivity index (χ4v) is 7.30. The number of hydrogen-bond acceptors (Lipinski definition) is 6. The molecular formula is C38H34F3N7O5S. The number of nitrogens with one attached hydrogen (secondary N) is 2. The van der Waals surface area contributed by atoms with Crippen molar-refractivity contribution in [2.45, 2.75) is 58.2 Å². The van der Waals surface area contributed by atoms with Crippen molar-refractivity contribution in [1.82, 2.24) is 29.2 Å². The second-order valence-corrected chi connectivity index (χ2v) is 14.3. The number of nitriles is 1. The topological polar surface area (TPSA) is 168 Å². The first-order valence-corrected chi connectivity index (χ1v) is 18.0. The molecule has 3 aromatic heterocycles. The Labute approximate surface area is 307 Å². The molecule has 0 aliphatic rings. The highest BCUT2D eigenvalue weighted by Gasteiger charge is 2.32. The van der Waals surface area contributed by atoms with Crippen LogP contribution in [0.4, 0.5) is 18.0 Å². The van der Waals surface area contributed by atoms with Gasteiger partial charge in [0.25, 0.3) is 10.1 Å². The van der Waals surface area contributed by atoms with Crippen LogP contribution < -0.4 is 11.0 Å². The van der Waals surface area contributed by atoms with Crippen molar-refractivity contribution in [3.63, 3.8) is 0 Å². The molecule has 3 heterocycles. The summed E-state index contributed by atoms with van der Waals surface area (Å²) < 4.78 is 78.4. The van der Waals surface area contributed by atoms with Crippen LogP contribution in [0, 0.1) is 39.0 Å². The summed E-state index contributed by atoms with van der Waals surface area (Å²) in [5.74, 6) is 0. The van der Waals surface area contributed by atoms with E-state index < -0.39 is 39.6 Å². The molecule has 16 heteroatoms. The van der Waals surface area contributed by atoms with Crippen LogP contribution in [0.2, 0.25) is 0 Å². The molecule has 3 aromatic carbocycles. The van der Waals surface area contributed by atoms with Gasteiger partial charge in [-0.2, -0.15) is 31.9 Å². The highest BCUT2D eigenvalue weighted by atomic mass is 32.2. The smallest absolute Gasteiger partial charge is 0.360 e. The van der Waals surface area contributed by atoms with E-state index in [0.29, 0.717) is 33.8 Å². The van der Waals surface area contributed by atoms with Gasteiger partial charge in [0.1, 0.15) is 5.69 Å².